The number of ether oxygens (including phenoxy) is 4. The minimum absolute atomic E-state index is 0.0479. The Morgan fingerprint density at radius 2 is 1.49 bits per heavy atom. The van der Waals surface area contributed by atoms with E-state index in [1.807, 2.05) is 63.8 Å². The largest absolute Gasteiger partial charge is 0.497 e. The Bertz CT molecular complexity index is 1900. The number of nitrogens with zero attached hydrogens (tertiary/aromatic N) is 1. The van der Waals surface area contributed by atoms with Gasteiger partial charge in [0.2, 0.25) is 5.91 Å². The third-order valence-corrected chi connectivity index (χ3v) is 17.4. The zero-order valence-electron chi connectivity index (χ0n) is 47.0. The number of esters is 1. The predicted octanol–water partition coefficient (Wildman–Crippen LogP) is 14.8. The fourth-order valence-corrected chi connectivity index (χ4v) is 13.2. The summed E-state index contributed by atoms with van der Waals surface area (Å²) in [4.78, 5) is 41.9. The molecule has 0 heterocycles. The summed E-state index contributed by atoms with van der Waals surface area (Å²) >= 11 is 0. The quantitative estimate of drug-likeness (QED) is 0.0369. The van der Waals surface area contributed by atoms with Crippen LogP contribution in [0.3, 0.4) is 0 Å². The SMILES string of the molecule is C=C(NC(C)(C)CCCCCCCN(CCC(C)(C)NC(=O)OC(C)(C)C)C(=O)CCCC(=O)OC1CCC2(C)C(=CCC3C2CCC2(C)C(CCCCC(C)C)CCC32)C1)OCc1ccc(OC)cc1. The molecule has 10 nitrogen and oxygen atoms in total. The van der Waals surface area contributed by atoms with Crippen molar-refractivity contribution in [3.63, 3.8) is 0 Å². The number of benzene rings is 1. The van der Waals surface area contributed by atoms with E-state index in [0.29, 0.717) is 50.3 Å². The van der Waals surface area contributed by atoms with Crippen molar-refractivity contribution in [3.8, 4) is 5.75 Å². The lowest BCUT2D eigenvalue weighted by Gasteiger charge is -2.58. The first-order valence-corrected chi connectivity index (χ1v) is 28.3. The molecule has 5 rings (SSSR count). The van der Waals surface area contributed by atoms with Gasteiger partial charge in [-0.25, -0.2) is 4.79 Å². The molecule has 3 saturated carbocycles. The lowest BCUT2D eigenvalue weighted by Crippen LogP contribution is -2.50. The van der Waals surface area contributed by atoms with Crippen LogP contribution in [-0.4, -0.2) is 65.9 Å². The van der Waals surface area contributed by atoms with E-state index in [0.717, 1.165) is 98.7 Å². The summed E-state index contributed by atoms with van der Waals surface area (Å²) in [5.41, 5.74) is 1.97. The number of rotatable bonds is 28. The van der Waals surface area contributed by atoms with Crippen molar-refractivity contribution in [1.82, 2.24) is 15.5 Å². The molecule has 402 valence electrons. The van der Waals surface area contributed by atoms with Crippen LogP contribution in [0.4, 0.5) is 4.79 Å². The molecule has 1 aromatic rings. The van der Waals surface area contributed by atoms with Gasteiger partial charge < -0.3 is 34.5 Å². The van der Waals surface area contributed by atoms with Crippen molar-refractivity contribution in [1.29, 1.82) is 0 Å². The van der Waals surface area contributed by atoms with Gasteiger partial charge >= 0.3 is 12.1 Å². The van der Waals surface area contributed by atoms with E-state index in [9.17, 15) is 14.4 Å². The monoisotopic (exact) mass is 988 g/mol. The van der Waals surface area contributed by atoms with Gasteiger partial charge in [0.1, 0.15) is 24.1 Å². The molecule has 0 bridgehead atoms. The Hall–Kier alpha value is -3.69. The van der Waals surface area contributed by atoms with E-state index in [-0.39, 0.29) is 35.4 Å². The molecule has 0 aliphatic heterocycles. The highest BCUT2D eigenvalue weighted by atomic mass is 16.6. The van der Waals surface area contributed by atoms with Gasteiger partial charge in [-0.3, -0.25) is 9.59 Å². The van der Waals surface area contributed by atoms with Crippen molar-refractivity contribution in [2.75, 3.05) is 20.2 Å². The number of methoxy groups -OCH3 is 1. The molecule has 3 fully saturated rings. The average Bonchev–Trinajstić information content (AvgIpc) is 3.62. The zero-order chi connectivity index (χ0) is 52.0. The third kappa shape index (κ3) is 17.7. The van der Waals surface area contributed by atoms with E-state index in [2.05, 4.69) is 64.8 Å². The number of hydrogen-bond donors (Lipinski definition) is 2. The molecule has 0 spiro atoms. The van der Waals surface area contributed by atoms with Crippen LogP contribution >= 0.6 is 0 Å². The molecular weight excluding hydrogens is 887 g/mol. The van der Waals surface area contributed by atoms with Crippen molar-refractivity contribution in [2.45, 2.75) is 247 Å². The Balaban J connectivity index is 1.05. The second-order valence-corrected chi connectivity index (χ2v) is 25.7. The van der Waals surface area contributed by atoms with Crippen LogP contribution in [0.25, 0.3) is 0 Å². The van der Waals surface area contributed by atoms with Gasteiger partial charge in [0.15, 0.2) is 5.88 Å². The maximum atomic E-state index is 13.9. The van der Waals surface area contributed by atoms with Crippen LogP contribution in [0.2, 0.25) is 0 Å². The Kier molecular flexibility index (Phi) is 21.3. The van der Waals surface area contributed by atoms with Gasteiger partial charge in [-0.2, -0.15) is 0 Å². The Morgan fingerprint density at radius 1 is 0.789 bits per heavy atom. The summed E-state index contributed by atoms with van der Waals surface area (Å²) in [6, 6.07) is 7.83. The van der Waals surface area contributed by atoms with Gasteiger partial charge in [-0.1, -0.05) is 96.4 Å². The molecule has 1 aromatic carbocycles. The van der Waals surface area contributed by atoms with Gasteiger partial charge in [-0.05, 0) is 190 Å². The first kappa shape index (κ1) is 58.2. The highest BCUT2D eigenvalue weighted by molar-refractivity contribution is 5.77. The summed E-state index contributed by atoms with van der Waals surface area (Å²) in [5.74, 6) is 5.34. The van der Waals surface area contributed by atoms with Crippen molar-refractivity contribution >= 4 is 18.0 Å². The smallest absolute Gasteiger partial charge is 0.408 e. The molecule has 0 saturated heterocycles. The highest BCUT2D eigenvalue weighted by Crippen LogP contribution is 2.67. The molecule has 0 radical (unpaired) electrons. The number of carbonyl (C=O) groups is 3. The lowest BCUT2D eigenvalue weighted by atomic mass is 9.47. The lowest BCUT2D eigenvalue weighted by molar-refractivity contribution is -0.151. The molecule has 10 heteroatoms. The second kappa shape index (κ2) is 26.0. The number of alkyl carbamates (subject to hydrolysis) is 1. The predicted molar refractivity (Wildman–Crippen MR) is 289 cm³/mol. The number of fused-ring (bicyclic) bond motifs is 5. The summed E-state index contributed by atoms with van der Waals surface area (Å²) in [6.07, 6.45) is 24.9. The zero-order valence-corrected chi connectivity index (χ0v) is 47.0. The van der Waals surface area contributed by atoms with Gasteiger partial charge in [0.05, 0.1) is 7.11 Å². The molecule has 71 heavy (non-hydrogen) atoms. The molecule has 4 aliphatic carbocycles. The molecular formula is C61H101N3O7. The van der Waals surface area contributed by atoms with E-state index in [4.69, 9.17) is 18.9 Å². The number of allylic oxidation sites excluding steroid dienone is 1. The number of unbranched alkanes of at least 4 members (excludes halogenated alkanes) is 5. The Labute approximate surface area is 432 Å². The summed E-state index contributed by atoms with van der Waals surface area (Å²) in [5, 5.41) is 6.46. The molecule has 0 aromatic heterocycles. The number of nitrogens with one attached hydrogen (secondary N) is 2. The van der Waals surface area contributed by atoms with Crippen LogP contribution < -0.4 is 15.4 Å². The van der Waals surface area contributed by atoms with E-state index in [1.165, 1.54) is 57.8 Å². The van der Waals surface area contributed by atoms with Crippen molar-refractivity contribution < 1.29 is 33.3 Å². The van der Waals surface area contributed by atoms with E-state index >= 15 is 0 Å². The summed E-state index contributed by atoms with van der Waals surface area (Å²) in [6.45, 7) is 29.4. The summed E-state index contributed by atoms with van der Waals surface area (Å²) in [7, 11) is 1.66. The van der Waals surface area contributed by atoms with Crippen LogP contribution in [0.15, 0.2) is 48.4 Å². The van der Waals surface area contributed by atoms with Crippen LogP contribution in [0.1, 0.15) is 223 Å². The maximum Gasteiger partial charge on any atom is 0.408 e. The number of hydrogen-bond acceptors (Lipinski definition) is 8. The molecule has 4 aliphatic rings. The fraction of sp³-hybridized carbons (Fsp3) is 0.787. The molecule has 2 amide bonds. The molecule has 7 atom stereocenters. The first-order chi connectivity index (χ1) is 33.4. The maximum absolute atomic E-state index is 13.9. The van der Waals surface area contributed by atoms with Crippen molar-refractivity contribution in [3.05, 3.63) is 53.9 Å². The van der Waals surface area contributed by atoms with Gasteiger partial charge in [-0.15, -0.1) is 0 Å². The minimum atomic E-state index is -0.602. The van der Waals surface area contributed by atoms with Crippen LogP contribution in [-0.2, 0) is 30.4 Å². The highest BCUT2D eigenvalue weighted by Gasteiger charge is 2.58. The second-order valence-electron chi connectivity index (χ2n) is 25.7. The van der Waals surface area contributed by atoms with Gasteiger partial charge in [0, 0.05) is 43.4 Å². The topological polar surface area (TPSA) is 115 Å². The minimum Gasteiger partial charge on any atom is -0.497 e. The molecule has 2 N–H and O–H groups in total. The van der Waals surface area contributed by atoms with E-state index in [1.54, 1.807) is 12.7 Å². The van der Waals surface area contributed by atoms with Gasteiger partial charge in [0.25, 0.3) is 0 Å². The normalized spacial score (nSPS) is 25.3. The first-order valence-electron chi connectivity index (χ1n) is 28.3. The number of amides is 2. The van der Waals surface area contributed by atoms with Crippen LogP contribution in [0.5, 0.6) is 5.75 Å². The molecule has 7 unspecified atom stereocenters. The van der Waals surface area contributed by atoms with Crippen LogP contribution in [0, 0.1) is 40.4 Å². The number of carbonyl (C=O) groups excluding carboxylic acids is 3. The Morgan fingerprint density at radius 3 is 2.20 bits per heavy atom. The van der Waals surface area contributed by atoms with Crippen molar-refractivity contribution in [2.24, 2.45) is 40.4 Å². The van der Waals surface area contributed by atoms with E-state index < -0.39 is 17.2 Å². The standard InChI is InChI=1S/C61H101N3O7/c1-44(2)22-17-18-23-47-29-33-52-51-32-28-48-42-50(34-37-61(48,12)53(51)35-38-60(47,52)11)70-55(66)25-21-24-54(65)64(41-39-59(9,10)63-56(67)71-57(4,5)6)40-20-16-14-15-19-36-58(7,8)62-45(3)69-43-46-26-30-49(68-13)31-27-46/h26-28,30-31,44,47,50-53,62H,3,14-25,29,32-43H2,1-2,4-13H3,(H,63,67). The average molecular weight is 988 g/mol. The summed E-state index contributed by atoms with van der Waals surface area (Å²) < 4.78 is 22.9. The third-order valence-electron chi connectivity index (χ3n) is 17.4. The fourth-order valence-electron chi connectivity index (χ4n) is 13.2.